The van der Waals surface area contributed by atoms with Crippen LogP contribution in [0.2, 0.25) is 6.55 Å². The highest BCUT2D eigenvalue weighted by atomic mass is 28.3. The first-order chi connectivity index (χ1) is 5.20. The molecule has 68 valence electrons. The largest absolute Gasteiger partial charge is 0.395 e. The van der Waals surface area contributed by atoms with Gasteiger partial charge in [-0.15, -0.1) is 0 Å². The summed E-state index contributed by atoms with van der Waals surface area (Å²) in [6.45, 7) is 5.60. The van der Waals surface area contributed by atoms with Gasteiger partial charge in [-0.2, -0.15) is 0 Å². The average molecular weight is 178 g/mol. The van der Waals surface area contributed by atoms with Crippen LogP contribution < -0.4 is 11.5 Å². The molecule has 0 radical (unpaired) electrons. The molecule has 0 saturated carbocycles. The zero-order chi connectivity index (χ0) is 8.69. The van der Waals surface area contributed by atoms with Gasteiger partial charge in [-0.05, 0) is 13.5 Å². The molecule has 0 heterocycles. The third-order valence-electron chi connectivity index (χ3n) is 1.23. The lowest BCUT2D eigenvalue weighted by Crippen LogP contribution is -2.30. The molecule has 0 aromatic rings. The van der Waals surface area contributed by atoms with Crippen LogP contribution in [-0.4, -0.2) is 35.1 Å². The maximum atomic E-state index is 5.44. The van der Waals surface area contributed by atoms with Crippen molar-refractivity contribution in [2.24, 2.45) is 11.5 Å². The molecule has 0 amide bonds. The predicted molar refractivity (Wildman–Crippen MR) is 47.6 cm³/mol. The van der Waals surface area contributed by atoms with Crippen LogP contribution in [0.5, 0.6) is 0 Å². The normalized spacial score (nSPS) is 16.4. The summed E-state index contributed by atoms with van der Waals surface area (Å²) in [5.74, 6) is 0. The highest BCUT2D eigenvalue weighted by molar-refractivity contribution is 6.42. The minimum Gasteiger partial charge on any atom is -0.395 e. The zero-order valence-corrected chi connectivity index (χ0v) is 8.40. The minimum absolute atomic E-state index is 0.106. The first-order valence-corrected chi connectivity index (χ1v) is 5.97. The van der Waals surface area contributed by atoms with Crippen LogP contribution in [-0.2, 0) is 8.85 Å². The van der Waals surface area contributed by atoms with Crippen molar-refractivity contribution in [3.8, 4) is 0 Å². The number of rotatable bonds is 6. The van der Waals surface area contributed by atoms with Crippen LogP contribution in [0.15, 0.2) is 0 Å². The van der Waals surface area contributed by atoms with Crippen molar-refractivity contribution in [2.45, 2.75) is 19.6 Å². The lowest BCUT2D eigenvalue weighted by molar-refractivity contribution is 0.158. The van der Waals surface area contributed by atoms with E-state index in [0.29, 0.717) is 19.7 Å². The van der Waals surface area contributed by atoms with Gasteiger partial charge in [-0.25, -0.2) is 0 Å². The standard InChI is InChI=1S/C6H18N2O2Si/c1-6(5-8)10-11(2)9-4-3-7/h6,11H,3-5,7-8H2,1-2H3. The quantitative estimate of drug-likeness (QED) is 0.521. The fourth-order valence-corrected chi connectivity index (χ4v) is 1.97. The van der Waals surface area contributed by atoms with Crippen molar-refractivity contribution in [1.29, 1.82) is 0 Å². The lowest BCUT2D eigenvalue weighted by Gasteiger charge is -2.16. The van der Waals surface area contributed by atoms with Gasteiger partial charge in [0, 0.05) is 19.7 Å². The molecule has 0 bridgehead atoms. The van der Waals surface area contributed by atoms with Gasteiger partial charge < -0.3 is 20.3 Å². The van der Waals surface area contributed by atoms with E-state index in [9.17, 15) is 0 Å². The van der Waals surface area contributed by atoms with Gasteiger partial charge in [-0.3, -0.25) is 0 Å². The molecule has 2 atom stereocenters. The zero-order valence-electron chi connectivity index (χ0n) is 7.25. The second-order valence-electron chi connectivity index (χ2n) is 2.41. The van der Waals surface area contributed by atoms with Crippen molar-refractivity contribution in [3.05, 3.63) is 0 Å². The molecule has 0 aromatic carbocycles. The van der Waals surface area contributed by atoms with E-state index in [1.54, 1.807) is 0 Å². The fraction of sp³-hybridized carbons (Fsp3) is 1.00. The lowest BCUT2D eigenvalue weighted by atomic mass is 10.4. The van der Waals surface area contributed by atoms with Gasteiger partial charge >= 0.3 is 9.28 Å². The first kappa shape index (κ1) is 11.1. The fourth-order valence-electron chi connectivity index (χ4n) is 0.656. The van der Waals surface area contributed by atoms with E-state index in [0.717, 1.165) is 0 Å². The van der Waals surface area contributed by atoms with Crippen LogP contribution in [0.4, 0.5) is 0 Å². The highest BCUT2D eigenvalue weighted by Crippen LogP contribution is 1.93. The van der Waals surface area contributed by atoms with Crippen molar-refractivity contribution >= 4 is 9.28 Å². The summed E-state index contributed by atoms with van der Waals surface area (Å²) in [6, 6.07) is 0. The number of nitrogens with two attached hydrogens (primary N) is 2. The van der Waals surface area contributed by atoms with E-state index in [1.807, 2.05) is 13.5 Å². The Morgan fingerprint density at radius 2 is 2.09 bits per heavy atom. The van der Waals surface area contributed by atoms with Gasteiger partial charge in [0.1, 0.15) is 0 Å². The Balaban J connectivity index is 3.27. The SMILES string of the molecule is CC(CN)O[SiH](C)OCCN. The minimum atomic E-state index is -1.46. The van der Waals surface area contributed by atoms with Gasteiger partial charge in [-0.1, -0.05) is 0 Å². The summed E-state index contributed by atoms with van der Waals surface area (Å²) in [5.41, 5.74) is 10.6. The van der Waals surface area contributed by atoms with Gasteiger partial charge in [0.25, 0.3) is 0 Å². The molecule has 0 aliphatic heterocycles. The Morgan fingerprint density at radius 3 is 2.55 bits per heavy atom. The van der Waals surface area contributed by atoms with Crippen LogP contribution in [0.1, 0.15) is 6.92 Å². The molecule has 4 N–H and O–H groups in total. The van der Waals surface area contributed by atoms with Crippen molar-refractivity contribution in [1.82, 2.24) is 0 Å². The summed E-state index contributed by atoms with van der Waals surface area (Å²) in [4.78, 5) is 0. The number of hydrogen-bond acceptors (Lipinski definition) is 4. The monoisotopic (exact) mass is 178 g/mol. The summed E-state index contributed by atoms with van der Waals surface area (Å²) in [5, 5.41) is 0. The van der Waals surface area contributed by atoms with Crippen LogP contribution in [0, 0.1) is 0 Å². The smallest absolute Gasteiger partial charge is 0.318 e. The molecular weight excluding hydrogens is 160 g/mol. The van der Waals surface area contributed by atoms with E-state index < -0.39 is 9.28 Å². The highest BCUT2D eigenvalue weighted by Gasteiger charge is 2.08. The molecule has 4 nitrogen and oxygen atoms in total. The molecule has 0 aromatic heterocycles. The topological polar surface area (TPSA) is 70.5 Å². The Morgan fingerprint density at radius 1 is 1.45 bits per heavy atom. The van der Waals surface area contributed by atoms with E-state index in [-0.39, 0.29) is 6.10 Å². The van der Waals surface area contributed by atoms with Crippen molar-refractivity contribution in [2.75, 3.05) is 19.7 Å². The van der Waals surface area contributed by atoms with Gasteiger partial charge in [0.05, 0.1) is 6.10 Å². The summed E-state index contributed by atoms with van der Waals surface area (Å²) in [7, 11) is -1.46. The second-order valence-corrected chi connectivity index (χ2v) is 4.15. The van der Waals surface area contributed by atoms with E-state index in [1.165, 1.54) is 0 Å². The van der Waals surface area contributed by atoms with Gasteiger partial charge in [0.2, 0.25) is 0 Å². The third kappa shape index (κ3) is 6.45. The summed E-state index contributed by atoms with van der Waals surface area (Å²) < 4.78 is 10.7. The van der Waals surface area contributed by atoms with Crippen LogP contribution in [0.25, 0.3) is 0 Å². The van der Waals surface area contributed by atoms with E-state index in [4.69, 9.17) is 20.3 Å². The van der Waals surface area contributed by atoms with Gasteiger partial charge in [0.15, 0.2) is 0 Å². The summed E-state index contributed by atoms with van der Waals surface area (Å²) >= 11 is 0. The third-order valence-corrected chi connectivity index (χ3v) is 2.78. The Labute approximate surface area is 69.7 Å². The van der Waals surface area contributed by atoms with Crippen molar-refractivity contribution in [3.63, 3.8) is 0 Å². The molecule has 0 rings (SSSR count). The second kappa shape index (κ2) is 6.75. The molecule has 0 aliphatic rings. The maximum absolute atomic E-state index is 5.44. The Kier molecular flexibility index (Phi) is 6.78. The predicted octanol–water partition coefficient (Wildman–Crippen LogP) is -0.824. The first-order valence-electron chi connectivity index (χ1n) is 3.88. The molecule has 0 aliphatic carbocycles. The molecule has 5 heteroatoms. The molecule has 11 heavy (non-hydrogen) atoms. The van der Waals surface area contributed by atoms with E-state index >= 15 is 0 Å². The van der Waals surface area contributed by atoms with Crippen LogP contribution in [0.3, 0.4) is 0 Å². The average Bonchev–Trinajstić information content (AvgIpc) is 2.00. The Bertz CT molecular complexity index is 94.7. The molecule has 0 saturated heterocycles. The van der Waals surface area contributed by atoms with Crippen LogP contribution >= 0.6 is 0 Å². The summed E-state index contributed by atoms with van der Waals surface area (Å²) in [6.07, 6.45) is 0.106. The van der Waals surface area contributed by atoms with E-state index in [2.05, 4.69) is 0 Å². The molecule has 0 spiro atoms. The number of hydrogen-bond donors (Lipinski definition) is 2. The Hall–Kier alpha value is 0.0569. The van der Waals surface area contributed by atoms with Crippen molar-refractivity contribution < 1.29 is 8.85 Å². The molecule has 0 fully saturated rings. The maximum Gasteiger partial charge on any atom is 0.318 e. The molecular formula is C6H18N2O2Si. The molecule has 2 unspecified atom stereocenters.